The van der Waals surface area contributed by atoms with Crippen molar-refractivity contribution in [2.24, 2.45) is 0 Å². The lowest BCUT2D eigenvalue weighted by Crippen LogP contribution is -2.37. The number of nitrogens with one attached hydrogen (secondary N) is 2. The van der Waals surface area contributed by atoms with Gasteiger partial charge in [-0.05, 0) is 66.8 Å². The Bertz CT molecular complexity index is 1370. The summed E-state index contributed by atoms with van der Waals surface area (Å²) in [5.74, 6) is 0.407. The van der Waals surface area contributed by atoms with Crippen LogP contribution >= 0.6 is 0 Å². The second-order valence-corrected chi connectivity index (χ2v) is 10.0. The Morgan fingerprint density at radius 1 is 0.879 bits per heavy atom. The van der Waals surface area contributed by atoms with E-state index in [0.29, 0.717) is 30.3 Å². The summed E-state index contributed by atoms with van der Waals surface area (Å²) in [6.07, 6.45) is 3.94. The van der Waals surface area contributed by atoms with Crippen molar-refractivity contribution in [3.05, 3.63) is 96.2 Å². The topological polar surface area (TPSA) is 82.3 Å². The van der Waals surface area contributed by atoms with Crippen molar-refractivity contribution in [3.8, 4) is 0 Å². The summed E-state index contributed by atoms with van der Waals surface area (Å²) in [5, 5.41) is 1.26. The Morgan fingerprint density at radius 3 is 2.27 bits per heavy atom. The maximum absolute atomic E-state index is 13.0. The molecule has 1 aliphatic heterocycles. The number of fused-ring (bicyclic) bond motifs is 1. The fraction of sp³-hybridized carbons (Fsp3) is 0.192. The number of hydrogen-bond donors (Lipinski definition) is 2. The van der Waals surface area contributed by atoms with Crippen molar-refractivity contribution in [1.29, 1.82) is 0 Å². The van der Waals surface area contributed by atoms with Gasteiger partial charge in [0.1, 0.15) is 0 Å². The van der Waals surface area contributed by atoms with E-state index in [1.54, 1.807) is 54.6 Å². The molecule has 1 saturated heterocycles. The van der Waals surface area contributed by atoms with Gasteiger partial charge in [-0.3, -0.25) is 9.52 Å². The zero-order valence-corrected chi connectivity index (χ0v) is 18.9. The number of aromatic nitrogens is 1. The van der Waals surface area contributed by atoms with Crippen molar-refractivity contribution in [3.63, 3.8) is 0 Å². The predicted octanol–water partition coefficient (Wildman–Crippen LogP) is 4.99. The van der Waals surface area contributed by atoms with Crippen LogP contribution in [0.2, 0.25) is 0 Å². The number of para-hydroxylation sites is 1. The van der Waals surface area contributed by atoms with Gasteiger partial charge in [0.2, 0.25) is 0 Å². The van der Waals surface area contributed by atoms with Crippen molar-refractivity contribution >= 4 is 32.5 Å². The number of nitrogens with zero attached hydrogens (tertiary/aromatic N) is 1. The van der Waals surface area contributed by atoms with Crippen LogP contribution in [0.1, 0.15) is 34.7 Å². The summed E-state index contributed by atoms with van der Waals surface area (Å²) in [6, 6.07) is 23.1. The minimum atomic E-state index is -3.66. The third kappa shape index (κ3) is 4.36. The van der Waals surface area contributed by atoms with Gasteiger partial charge in [-0.1, -0.05) is 36.4 Å². The van der Waals surface area contributed by atoms with Gasteiger partial charge in [-0.25, -0.2) is 8.42 Å². The fourth-order valence-corrected chi connectivity index (χ4v) is 5.58. The van der Waals surface area contributed by atoms with E-state index in [2.05, 4.69) is 34.1 Å². The number of likely N-dealkylation sites (tertiary alicyclic amines) is 1. The largest absolute Gasteiger partial charge is 0.361 e. The molecule has 2 heterocycles. The molecule has 0 bridgehead atoms. The number of rotatable bonds is 5. The van der Waals surface area contributed by atoms with E-state index in [-0.39, 0.29) is 10.8 Å². The lowest BCUT2D eigenvalue weighted by molar-refractivity contribution is 0.0713. The summed E-state index contributed by atoms with van der Waals surface area (Å²) in [5.41, 5.74) is 3.46. The Labute approximate surface area is 193 Å². The Balaban J connectivity index is 1.22. The number of carbonyl (C=O) groups is 1. The standard InChI is InChI=1S/C26H25N3O3S/c30-26(20-10-12-21(13-11-20)28-33(31,32)22-6-2-1-3-7-22)29-16-14-19(15-17-29)24-18-27-25-9-5-4-8-23(24)25/h1-13,18-19,27-28H,14-17H2. The first-order chi connectivity index (χ1) is 16.0. The number of benzene rings is 3. The molecule has 1 fully saturated rings. The van der Waals surface area contributed by atoms with Gasteiger partial charge in [-0.2, -0.15) is 0 Å². The number of anilines is 1. The van der Waals surface area contributed by atoms with E-state index in [1.165, 1.54) is 10.9 Å². The van der Waals surface area contributed by atoms with Gasteiger partial charge in [0.25, 0.3) is 15.9 Å². The fourth-order valence-electron chi connectivity index (χ4n) is 4.50. The predicted molar refractivity (Wildman–Crippen MR) is 130 cm³/mol. The zero-order chi connectivity index (χ0) is 22.8. The van der Waals surface area contributed by atoms with Gasteiger partial charge in [0.05, 0.1) is 4.90 Å². The van der Waals surface area contributed by atoms with Gasteiger partial charge in [0.15, 0.2) is 0 Å². The van der Waals surface area contributed by atoms with E-state index in [0.717, 1.165) is 18.4 Å². The molecule has 33 heavy (non-hydrogen) atoms. The highest BCUT2D eigenvalue weighted by Crippen LogP contribution is 2.33. The van der Waals surface area contributed by atoms with E-state index in [9.17, 15) is 13.2 Å². The van der Waals surface area contributed by atoms with Crippen LogP contribution in [0.25, 0.3) is 10.9 Å². The first-order valence-electron chi connectivity index (χ1n) is 11.0. The summed E-state index contributed by atoms with van der Waals surface area (Å²) >= 11 is 0. The highest BCUT2D eigenvalue weighted by atomic mass is 32.2. The van der Waals surface area contributed by atoms with Crippen LogP contribution in [0.3, 0.4) is 0 Å². The van der Waals surface area contributed by atoms with Crippen LogP contribution in [-0.4, -0.2) is 37.3 Å². The molecular formula is C26H25N3O3S. The molecule has 1 aliphatic rings. The van der Waals surface area contributed by atoms with Crippen molar-refractivity contribution in [2.45, 2.75) is 23.7 Å². The Morgan fingerprint density at radius 2 is 1.55 bits per heavy atom. The molecule has 3 aromatic carbocycles. The summed E-state index contributed by atoms with van der Waals surface area (Å²) in [4.78, 5) is 18.4. The van der Waals surface area contributed by atoms with Gasteiger partial charge >= 0.3 is 0 Å². The number of hydrogen-bond acceptors (Lipinski definition) is 3. The van der Waals surface area contributed by atoms with E-state index in [4.69, 9.17) is 0 Å². The lowest BCUT2D eigenvalue weighted by Gasteiger charge is -2.32. The average Bonchev–Trinajstić information content (AvgIpc) is 3.29. The van der Waals surface area contributed by atoms with Crippen molar-refractivity contribution < 1.29 is 13.2 Å². The maximum Gasteiger partial charge on any atom is 0.261 e. The molecule has 168 valence electrons. The van der Waals surface area contributed by atoms with Crippen LogP contribution < -0.4 is 4.72 Å². The number of amides is 1. The molecule has 0 radical (unpaired) electrons. The molecule has 0 aliphatic carbocycles. The molecule has 6 nitrogen and oxygen atoms in total. The number of carbonyl (C=O) groups excluding carboxylic acids is 1. The minimum absolute atomic E-state index is 0.0233. The summed E-state index contributed by atoms with van der Waals surface area (Å²) < 4.78 is 27.5. The number of H-pyrrole nitrogens is 1. The SMILES string of the molecule is O=C(c1ccc(NS(=O)(=O)c2ccccc2)cc1)N1CCC(c2c[nH]c3ccccc23)CC1. The highest BCUT2D eigenvalue weighted by molar-refractivity contribution is 7.92. The smallest absolute Gasteiger partial charge is 0.261 e. The van der Waals surface area contributed by atoms with E-state index >= 15 is 0 Å². The van der Waals surface area contributed by atoms with Crippen LogP contribution in [0, 0.1) is 0 Å². The zero-order valence-electron chi connectivity index (χ0n) is 18.1. The van der Waals surface area contributed by atoms with Crippen LogP contribution in [0.4, 0.5) is 5.69 Å². The van der Waals surface area contributed by atoms with E-state index in [1.807, 2.05) is 11.0 Å². The molecular weight excluding hydrogens is 434 g/mol. The van der Waals surface area contributed by atoms with E-state index < -0.39 is 10.0 Å². The summed E-state index contributed by atoms with van der Waals surface area (Å²) in [7, 11) is -3.66. The average molecular weight is 460 g/mol. The van der Waals surface area contributed by atoms with Crippen LogP contribution in [0.15, 0.2) is 90.0 Å². The Kier molecular flexibility index (Phi) is 5.64. The maximum atomic E-state index is 13.0. The molecule has 0 spiro atoms. The monoisotopic (exact) mass is 459 g/mol. The first-order valence-corrected chi connectivity index (χ1v) is 12.5. The normalized spacial score (nSPS) is 15.0. The first kappa shape index (κ1) is 21.3. The molecule has 1 amide bonds. The molecule has 0 saturated carbocycles. The van der Waals surface area contributed by atoms with Crippen molar-refractivity contribution in [2.75, 3.05) is 17.8 Å². The second kappa shape index (κ2) is 8.75. The minimum Gasteiger partial charge on any atom is -0.361 e. The third-order valence-electron chi connectivity index (χ3n) is 6.28. The number of sulfonamides is 1. The van der Waals surface area contributed by atoms with Gasteiger partial charge in [-0.15, -0.1) is 0 Å². The van der Waals surface area contributed by atoms with Gasteiger partial charge in [0, 0.05) is 41.4 Å². The molecule has 1 aromatic heterocycles. The van der Waals surface area contributed by atoms with Gasteiger partial charge < -0.3 is 9.88 Å². The number of aromatic amines is 1. The third-order valence-corrected chi connectivity index (χ3v) is 7.68. The van der Waals surface area contributed by atoms with Crippen LogP contribution in [-0.2, 0) is 10.0 Å². The lowest BCUT2D eigenvalue weighted by atomic mass is 9.89. The highest BCUT2D eigenvalue weighted by Gasteiger charge is 2.26. The van der Waals surface area contributed by atoms with Crippen LogP contribution in [0.5, 0.6) is 0 Å². The summed E-state index contributed by atoms with van der Waals surface area (Å²) in [6.45, 7) is 1.40. The molecule has 0 unspecified atom stereocenters. The second-order valence-electron chi connectivity index (χ2n) is 8.35. The van der Waals surface area contributed by atoms with Crippen molar-refractivity contribution in [1.82, 2.24) is 9.88 Å². The molecule has 2 N–H and O–H groups in total. The molecule has 7 heteroatoms. The molecule has 5 rings (SSSR count). The molecule has 0 atom stereocenters. The molecule has 4 aromatic rings. The Hall–Kier alpha value is -3.58. The quantitative estimate of drug-likeness (QED) is 0.441. The number of piperidine rings is 1.